The predicted octanol–water partition coefficient (Wildman–Crippen LogP) is 2.67. The fourth-order valence-electron chi connectivity index (χ4n) is 2.41. The molecule has 1 atom stereocenters. The van der Waals surface area contributed by atoms with Crippen LogP contribution in [0.3, 0.4) is 0 Å². The van der Waals surface area contributed by atoms with Crippen LogP contribution in [0, 0.1) is 0 Å². The third-order valence-corrected chi connectivity index (χ3v) is 4.60. The molecule has 2 heterocycles. The van der Waals surface area contributed by atoms with Gasteiger partial charge in [0.2, 0.25) is 0 Å². The summed E-state index contributed by atoms with van der Waals surface area (Å²) < 4.78 is 1.42. The van der Waals surface area contributed by atoms with Gasteiger partial charge in [-0.2, -0.15) is 5.10 Å². The van der Waals surface area contributed by atoms with Crippen molar-refractivity contribution in [3.05, 3.63) is 63.2 Å². The van der Waals surface area contributed by atoms with Crippen LogP contribution in [0.25, 0.3) is 10.8 Å². The zero-order valence-corrected chi connectivity index (χ0v) is 13.5. The van der Waals surface area contributed by atoms with E-state index >= 15 is 0 Å². The molecule has 5 nitrogen and oxygen atoms in total. The fourth-order valence-corrected chi connectivity index (χ4v) is 3.03. The van der Waals surface area contributed by atoms with E-state index in [0.29, 0.717) is 16.8 Å². The Labute approximate surface area is 137 Å². The average Bonchev–Trinajstić information content (AvgIpc) is 3.11. The highest BCUT2D eigenvalue weighted by molar-refractivity contribution is 7.12. The molecule has 1 N–H and O–H groups in total. The van der Waals surface area contributed by atoms with Crippen LogP contribution in [0.4, 0.5) is 0 Å². The molecule has 6 heteroatoms. The molecule has 0 fully saturated rings. The number of nitrogens with one attached hydrogen (secondary N) is 1. The molecule has 1 aromatic carbocycles. The molecule has 0 saturated heterocycles. The lowest BCUT2D eigenvalue weighted by Crippen LogP contribution is -2.40. The van der Waals surface area contributed by atoms with Crippen molar-refractivity contribution in [2.45, 2.75) is 25.9 Å². The van der Waals surface area contributed by atoms with Crippen LogP contribution in [0.15, 0.2) is 52.8 Å². The molecule has 0 spiro atoms. The van der Waals surface area contributed by atoms with E-state index in [9.17, 15) is 9.59 Å². The first-order chi connectivity index (χ1) is 11.2. The maximum Gasteiger partial charge on any atom is 0.274 e. The SMILES string of the molecule is CC[C@H](Cn1ncc2ccccc2c1=O)NC(=O)c1cccs1. The van der Waals surface area contributed by atoms with Crippen molar-refractivity contribution in [1.29, 1.82) is 0 Å². The van der Waals surface area contributed by atoms with Crippen molar-refractivity contribution in [3.63, 3.8) is 0 Å². The predicted molar refractivity (Wildman–Crippen MR) is 91.9 cm³/mol. The van der Waals surface area contributed by atoms with Gasteiger partial charge in [-0.1, -0.05) is 31.2 Å². The zero-order chi connectivity index (χ0) is 16.2. The highest BCUT2D eigenvalue weighted by atomic mass is 32.1. The van der Waals surface area contributed by atoms with Crippen LogP contribution in [-0.4, -0.2) is 21.7 Å². The number of carbonyl (C=O) groups is 1. The van der Waals surface area contributed by atoms with Crippen LogP contribution < -0.4 is 10.9 Å². The van der Waals surface area contributed by atoms with Crippen LogP contribution in [0.5, 0.6) is 0 Å². The van der Waals surface area contributed by atoms with Crippen LogP contribution in [0.1, 0.15) is 23.0 Å². The van der Waals surface area contributed by atoms with E-state index in [1.807, 2.05) is 36.6 Å². The second-order valence-electron chi connectivity index (χ2n) is 5.28. The smallest absolute Gasteiger partial charge is 0.274 e. The second kappa shape index (κ2) is 6.75. The first kappa shape index (κ1) is 15.4. The second-order valence-corrected chi connectivity index (χ2v) is 6.22. The number of aromatic nitrogens is 2. The first-order valence-electron chi connectivity index (χ1n) is 7.48. The Hall–Kier alpha value is -2.47. The summed E-state index contributed by atoms with van der Waals surface area (Å²) >= 11 is 1.40. The Kier molecular flexibility index (Phi) is 4.52. The van der Waals surface area contributed by atoms with Crippen LogP contribution >= 0.6 is 11.3 Å². The molecule has 118 valence electrons. The number of amides is 1. The third kappa shape index (κ3) is 3.32. The molecule has 0 saturated carbocycles. The maximum atomic E-state index is 12.5. The Balaban J connectivity index is 1.80. The van der Waals surface area contributed by atoms with Crippen molar-refractivity contribution in [1.82, 2.24) is 15.1 Å². The monoisotopic (exact) mass is 327 g/mol. The molecule has 0 bridgehead atoms. The number of carbonyl (C=O) groups excluding carboxylic acids is 1. The van der Waals surface area contributed by atoms with Gasteiger partial charge in [-0.3, -0.25) is 9.59 Å². The summed E-state index contributed by atoms with van der Waals surface area (Å²) in [6, 6.07) is 10.9. The van der Waals surface area contributed by atoms with Gasteiger partial charge < -0.3 is 5.32 Å². The van der Waals surface area contributed by atoms with Gasteiger partial charge in [0.05, 0.1) is 23.0 Å². The summed E-state index contributed by atoms with van der Waals surface area (Å²) in [7, 11) is 0. The lowest BCUT2D eigenvalue weighted by atomic mass is 10.2. The van der Waals surface area contributed by atoms with E-state index in [-0.39, 0.29) is 17.5 Å². The summed E-state index contributed by atoms with van der Waals surface area (Å²) in [6.45, 7) is 2.34. The number of nitrogens with zero attached hydrogens (tertiary/aromatic N) is 2. The minimum atomic E-state index is -0.143. The van der Waals surface area contributed by atoms with E-state index in [1.54, 1.807) is 18.3 Å². The largest absolute Gasteiger partial charge is 0.347 e. The van der Waals surface area contributed by atoms with Crippen molar-refractivity contribution in [3.8, 4) is 0 Å². The maximum absolute atomic E-state index is 12.5. The molecule has 0 aliphatic carbocycles. The molecular weight excluding hydrogens is 310 g/mol. The summed E-state index contributed by atoms with van der Waals surface area (Å²) in [6.07, 6.45) is 2.41. The van der Waals surface area contributed by atoms with Crippen LogP contribution in [0.2, 0.25) is 0 Å². The lowest BCUT2D eigenvalue weighted by molar-refractivity contribution is 0.0935. The van der Waals surface area contributed by atoms with Crippen LogP contribution in [-0.2, 0) is 6.54 Å². The van der Waals surface area contributed by atoms with Gasteiger partial charge in [-0.25, -0.2) is 4.68 Å². The Morgan fingerprint density at radius 3 is 2.87 bits per heavy atom. The first-order valence-corrected chi connectivity index (χ1v) is 8.36. The van der Waals surface area contributed by atoms with E-state index in [4.69, 9.17) is 0 Å². The van der Waals surface area contributed by atoms with Gasteiger partial charge in [0.25, 0.3) is 11.5 Å². The summed E-state index contributed by atoms with van der Waals surface area (Å²) in [5.41, 5.74) is -0.132. The molecule has 0 radical (unpaired) electrons. The molecule has 23 heavy (non-hydrogen) atoms. The summed E-state index contributed by atoms with van der Waals surface area (Å²) in [5, 5.41) is 10.5. The zero-order valence-electron chi connectivity index (χ0n) is 12.7. The van der Waals surface area contributed by atoms with Crippen molar-refractivity contribution < 1.29 is 4.79 Å². The average molecular weight is 327 g/mol. The standard InChI is InChI=1S/C17H17N3O2S/c1-2-13(19-16(21)15-8-5-9-23-15)11-20-17(22)14-7-4-3-6-12(14)10-18-20/h3-10,13H,2,11H2,1H3,(H,19,21)/t13-/m1/s1. The Morgan fingerprint density at radius 2 is 2.13 bits per heavy atom. The molecule has 0 aliphatic heterocycles. The third-order valence-electron chi connectivity index (χ3n) is 3.73. The number of thiophene rings is 1. The van der Waals surface area contributed by atoms with Gasteiger partial charge in [0.1, 0.15) is 0 Å². The highest BCUT2D eigenvalue weighted by Gasteiger charge is 2.15. The molecule has 0 unspecified atom stereocenters. The highest BCUT2D eigenvalue weighted by Crippen LogP contribution is 2.10. The molecule has 3 rings (SSSR count). The molecule has 2 aromatic heterocycles. The number of rotatable bonds is 5. The van der Waals surface area contributed by atoms with E-state index < -0.39 is 0 Å². The topological polar surface area (TPSA) is 64.0 Å². The van der Waals surface area contributed by atoms with Crippen molar-refractivity contribution >= 4 is 28.0 Å². The quantitative estimate of drug-likeness (QED) is 0.783. The van der Waals surface area contributed by atoms with Gasteiger partial charge >= 0.3 is 0 Å². The molecule has 3 aromatic rings. The Bertz CT molecular complexity index is 871. The number of fused-ring (bicyclic) bond motifs is 1. The van der Waals surface area contributed by atoms with E-state index in [2.05, 4.69) is 10.4 Å². The summed E-state index contributed by atoms with van der Waals surface area (Å²) in [5.74, 6) is -0.110. The number of benzene rings is 1. The van der Waals surface area contributed by atoms with Gasteiger partial charge in [0.15, 0.2) is 0 Å². The molecule has 0 aliphatic rings. The van der Waals surface area contributed by atoms with Gasteiger partial charge in [0, 0.05) is 11.4 Å². The van der Waals surface area contributed by atoms with Crippen molar-refractivity contribution in [2.24, 2.45) is 0 Å². The van der Waals surface area contributed by atoms with Gasteiger partial charge in [-0.15, -0.1) is 11.3 Å². The van der Waals surface area contributed by atoms with Gasteiger partial charge in [-0.05, 0) is 23.9 Å². The molecule has 1 amide bonds. The minimum absolute atomic E-state index is 0.110. The number of hydrogen-bond donors (Lipinski definition) is 1. The Morgan fingerprint density at radius 1 is 1.30 bits per heavy atom. The van der Waals surface area contributed by atoms with E-state index in [1.165, 1.54) is 16.0 Å². The fraction of sp³-hybridized carbons (Fsp3) is 0.235. The number of hydrogen-bond acceptors (Lipinski definition) is 4. The minimum Gasteiger partial charge on any atom is -0.347 e. The van der Waals surface area contributed by atoms with E-state index in [0.717, 1.165) is 11.8 Å². The lowest BCUT2D eigenvalue weighted by Gasteiger charge is -2.17. The summed E-state index contributed by atoms with van der Waals surface area (Å²) in [4.78, 5) is 25.3. The normalized spacial score (nSPS) is 12.2. The molecular formula is C17H17N3O2S. The van der Waals surface area contributed by atoms with Crippen molar-refractivity contribution in [2.75, 3.05) is 0 Å².